The van der Waals surface area contributed by atoms with E-state index in [1.54, 1.807) is 49.6 Å². The van der Waals surface area contributed by atoms with Crippen LogP contribution < -0.4 is 14.2 Å². The number of esters is 1. The number of carbonyl (C=O) groups excluding carboxylic acids is 2. The van der Waals surface area contributed by atoms with Crippen molar-refractivity contribution in [1.82, 2.24) is 0 Å². The Morgan fingerprint density at radius 3 is 1.81 bits per heavy atom. The van der Waals surface area contributed by atoms with E-state index in [0.717, 1.165) is 0 Å². The largest absolute Gasteiger partial charge is 0.497 e. The lowest BCUT2D eigenvalue weighted by molar-refractivity contribution is -0.142. The normalized spacial score (nSPS) is 11.4. The molecule has 0 fully saturated rings. The van der Waals surface area contributed by atoms with Crippen LogP contribution in [0.15, 0.2) is 42.5 Å². The molecular formula is C20H22O6. The summed E-state index contributed by atoms with van der Waals surface area (Å²) in [7, 11) is 5.90. The average Bonchev–Trinajstić information content (AvgIpc) is 2.70. The van der Waals surface area contributed by atoms with E-state index < -0.39 is 11.9 Å². The minimum absolute atomic E-state index is 0.0324. The summed E-state index contributed by atoms with van der Waals surface area (Å²) >= 11 is 0. The second kappa shape index (κ2) is 8.89. The molecule has 2 aromatic rings. The Kier molecular flexibility index (Phi) is 6.60. The number of ketones is 1. The molecule has 0 amide bonds. The fraction of sp³-hybridized carbons (Fsp3) is 0.300. The summed E-state index contributed by atoms with van der Waals surface area (Å²) < 4.78 is 20.5. The van der Waals surface area contributed by atoms with Gasteiger partial charge in [0.25, 0.3) is 0 Å². The summed E-state index contributed by atoms with van der Waals surface area (Å²) in [6.07, 6.45) is -0.0324. The highest BCUT2D eigenvalue weighted by atomic mass is 16.5. The Morgan fingerprint density at radius 1 is 0.808 bits per heavy atom. The van der Waals surface area contributed by atoms with Gasteiger partial charge in [0, 0.05) is 18.1 Å². The quantitative estimate of drug-likeness (QED) is 0.533. The van der Waals surface area contributed by atoms with Crippen molar-refractivity contribution in [2.45, 2.75) is 12.3 Å². The Balaban J connectivity index is 2.32. The van der Waals surface area contributed by atoms with E-state index in [-0.39, 0.29) is 12.2 Å². The first-order valence-corrected chi connectivity index (χ1v) is 8.00. The van der Waals surface area contributed by atoms with Gasteiger partial charge in [0.15, 0.2) is 5.78 Å². The predicted molar refractivity (Wildman–Crippen MR) is 96.2 cm³/mol. The van der Waals surface area contributed by atoms with Crippen molar-refractivity contribution < 1.29 is 28.5 Å². The number of hydrogen-bond donors (Lipinski definition) is 0. The standard InChI is InChI=1S/C20H22O6/c1-23-15-7-5-13(6-8-15)19(21)12-18(20(22)26-4)14-9-16(24-2)11-17(10-14)25-3/h5-11,18H,12H2,1-4H3. The van der Waals surface area contributed by atoms with E-state index in [2.05, 4.69) is 0 Å². The van der Waals surface area contributed by atoms with Crippen LogP contribution in [0, 0.1) is 0 Å². The van der Waals surface area contributed by atoms with E-state index in [4.69, 9.17) is 18.9 Å². The van der Waals surface area contributed by atoms with Crippen LogP contribution >= 0.6 is 0 Å². The van der Waals surface area contributed by atoms with Gasteiger partial charge in [-0.2, -0.15) is 0 Å². The van der Waals surface area contributed by atoms with E-state index in [9.17, 15) is 9.59 Å². The molecular weight excluding hydrogens is 336 g/mol. The molecule has 2 rings (SSSR count). The number of methoxy groups -OCH3 is 4. The lowest BCUT2D eigenvalue weighted by Gasteiger charge is -2.16. The van der Waals surface area contributed by atoms with Gasteiger partial charge < -0.3 is 18.9 Å². The van der Waals surface area contributed by atoms with Gasteiger partial charge in [-0.15, -0.1) is 0 Å². The molecule has 0 aromatic heterocycles. The maximum Gasteiger partial charge on any atom is 0.313 e. The van der Waals surface area contributed by atoms with Gasteiger partial charge in [0.05, 0.1) is 34.4 Å². The molecule has 26 heavy (non-hydrogen) atoms. The fourth-order valence-corrected chi connectivity index (χ4v) is 2.59. The number of carbonyl (C=O) groups is 2. The maximum atomic E-state index is 12.6. The first-order chi connectivity index (χ1) is 12.5. The van der Waals surface area contributed by atoms with Crippen molar-refractivity contribution in [3.05, 3.63) is 53.6 Å². The molecule has 0 saturated carbocycles. The zero-order valence-corrected chi connectivity index (χ0v) is 15.3. The molecule has 138 valence electrons. The predicted octanol–water partition coefficient (Wildman–Crippen LogP) is 3.24. The Hall–Kier alpha value is -3.02. The van der Waals surface area contributed by atoms with Crippen molar-refractivity contribution >= 4 is 11.8 Å². The van der Waals surface area contributed by atoms with Gasteiger partial charge >= 0.3 is 5.97 Å². The molecule has 1 unspecified atom stereocenters. The molecule has 0 radical (unpaired) electrons. The fourth-order valence-electron chi connectivity index (χ4n) is 2.59. The third-order valence-corrected chi connectivity index (χ3v) is 4.06. The van der Waals surface area contributed by atoms with E-state index in [0.29, 0.717) is 28.4 Å². The maximum absolute atomic E-state index is 12.6. The Morgan fingerprint density at radius 2 is 1.35 bits per heavy atom. The zero-order valence-electron chi connectivity index (χ0n) is 15.3. The molecule has 0 heterocycles. The zero-order chi connectivity index (χ0) is 19.1. The van der Waals surface area contributed by atoms with Crippen LogP contribution in [0.4, 0.5) is 0 Å². The van der Waals surface area contributed by atoms with Crippen molar-refractivity contribution in [3.8, 4) is 17.2 Å². The molecule has 2 aromatic carbocycles. The van der Waals surface area contributed by atoms with Gasteiger partial charge in [0.1, 0.15) is 17.2 Å². The molecule has 1 atom stereocenters. The molecule has 0 N–H and O–H groups in total. The van der Waals surface area contributed by atoms with Crippen molar-refractivity contribution in [1.29, 1.82) is 0 Å². The van der Waals surface area contributed by atoms with Crippen molar-refractivity contribution in [2.24, 2.45) is 0 Å². The number of benzene rings is 2. The molecule has 0 aliphatic carbocycles. The number of rotatable bonds is 8. The van der Waals surface area contributed by atoms with E-state index in [1.165, 1.54) is 21.3 Å². The average molecular weight is 358 g/mol. The second-order valence-corrected chi connectivity index (χ2v) is 5.58. The van der Waals surface area contributed by atoms with E-state index >= 15 is 0 Å². The highest BCUT2D eigenvalue weighted by Crippen LogP contribution is 2.31. The van der Waals surface area contributed by atoms with E-state index in [1.807, 2.05) is 0 Å². The van der Waals surface area contributed by atoms with Crippen LogP contribution in [0.1, 0.15) is 28.3 Å². The molecule has 0 saturated heterocycles. The highest BCUT2D eigenvalue weighted by Gasteiger charge is 2.26. The summed E-state index contributed by atoms with van der Waals surface area (Å²) in [4.78, 5) is 24.9. The summed E-state index contributed by atoms with van der Waals surface area (Å²) in [5.41, 5.74) is 1.09. The summed E-state index contributed by atoms with van der Waals surface area (Å²) in [6.45, 7) is 0. The summed E-state index contributed by atoms with van der Waals surface area (Å²) in [6, 6.07) is 11.8. The van der Waals surface area contributed by atoms with Crippen LogP contribution in [0.2, 0.25) is 0 Å². The third-order valence-electron chi connectivity index (χ3n) is 4.06. The molecule has 0 aliphatic heterocycles. The number of Topliss-reactive ketones (excluding diaryl/α,β-unsaturated/α-hetero) is 1. The first kappa shape index (κ1) is 19.3. The van der Waals surface area contributed by atoms with Crippen molar-refractivity contribution in [2.75, 3.05) is 28.4 Å². The van der Waals surface area contributed by atoms with Crippen molar-refractivity contribution in [3.63, 3.8) is 0 Å². The van der Waals surface area contributed by atoms with Crippen LogP contribution in [0.25, 0.3) is 0 Å². The first-order valence-electron chi connectivity index (χ1n) is 8.00. The van der Waals surface area contributed by atoms with Crippen LogP contribution in [0.3, 0.4) is 0 Å². The summed E-state index contributed by atoms with van der Waals surface area (Å²) in [5.74, 6) is 0.282. The number of ether oxygens (including phenoxy) is 4. The Bertz CT molecular complexity index is 744. The minimum Gasteiger partial charge on any atom is -0.497 e. The lowest BCUT2D eigenvalue weighted by atomic mass is 9.91. The van der Waals surface area contributed by atoms with Gasteiger partial charge in [0.2, 0.25) is 0 Å². The van der Waals surface area contributed by atoms with Gasteiger partial charge in [-0.1, -0.05) is 0 Å². The molecule has 0 bridgehead atoms. The Labute approximate surface area is 152 Å². The van der Waals surface area contributed by atoms with Gasteiger partial charge in [-0.25, -0.2) is 0 Å². The van der Waals surface area contributed by atoms with Gasteiger partial charge in [-0.05, 0) is 42.0 Å². The monoisotopic (exact) mass is 358 g/mol. The lowest BCUT2D eigenvalue weighted by Crippen LogP contribution is -2.18. The minimum atomic E-state index is -0.765. The molecule has 6 nitrogen and oxygen atoms in total. The topological polar surface area (TPSA) is 71.1 Å². The highest BCUT2D eigenvalue weighted by molar-refractivity contribution is 5.99. The SMILES string of the molecule is COC(=O)C(CC(=O)c1ccc(OC)cc1)c1cc(OC)cc(OC)c1. The van der Waals surface area contributed by atoms with Crippen LogP contribution in [-0.4, -0.2) is 40.2 Å². The van der Waals surface area contributed by atoms with Crippen LogP contribution in [0.5, 0.6) is 17.2 Å². The number of hydrogen-bond acceptors (Lipinski definition) is 6. The molecule has 0 aliphatic rings. The van der Waals surface area contributed by atoms with Gasteiger partial charge in [-0.3, -0.25) is 9.59 Å². The smallest absolute Gasteiger partial charge is 0.313 e. The second-order valence-electron chi connectivity index (χ2n) is 5.58. The molecule has 6 heteroatoms. The molecule has 0 spiro atoms. The van der Waals surface area contributed by atoms with Crippen LogP contribution in [-0.2, 0) is 9.53 Å². The summed E-state index contributed by atoms with van der Waals surface area (Å²) in [5, 5.41) is 0. The third kappa shape index (κ3) is 4.53.